The molecule has 1 N–H and O–H groups in total. The first-order valence-electron chi connectivity index (χ1n) is 6.88. The van der Waals surface area contributed by atoms with Gasteiger partial charge >= 0.3 is 18.0 Å². The molecule has 0 radical (unpaired) electrons. The lowest BCUT2D eigenvalue weighted by Crippen LogP contribution is -2.52. The van der Waals surface area contributed by atoms with E-state index in [4.69, 9.17) is 0 Å². The van der Waals surface area contributed by atoms with Gasteiger partial charge in [0, 0.05) is 25.2 Å². The Bertz CT molecular complexity index is 869. The van der Waals surface area contributed by atoms with Gasteiger partial charge in [-0.15, -0.1) is 0 Å². The molecule has 1 aromatic carbocycles. The van der Waals surface area contributed by atoms with Crippen molar-refractivity contribution in [2.24, 2.45) is 0 Å². The quantitative estimate of drug-likeness (QED) is 0.823. The number of nitrogens with one attached hydrogen (secondary N) is 1. The molecule has 10 heteroatoms. The number of hydrogen-bond acceptors (Lipinski definition) is 2. The van der Waals surface area contributed by atoms with E-state index in [1.165, 1.54) is 18.2 Å². The second-order valence-corrected chi connectivity index (χ2v) is 5.72. The molecule has 138 valence electrons. The number of alkyl halides is 7. The van der Waals surface area contributed by atoms with Crippen LogP contribution in [0.4, 0.5) is 36.4 Å². The first kappa shape index (κ1) is 19.1. The minimum Gasteiger partial charge on any atom is -0.378 e. The van der Waals surface area contributed by atoms with E-state index in [2.05, 4.69) is 0 Å². The van der Waals surface area contributed by atoms with E-state index in [1.807, 2.05) is 4.98 Å². The predicted octanol–water partition coefficient (Wildman–Crippen LogP) is 4.19. The first-order valence-corrected chi connectivity index (χ1v) is 6.88. The molecule has 0 aliphatic rings. The summed E-state index contributed by atoms with van der Waals surface area (Å²) in [6.45, 7) is 0.905. The Morgan fingerprint density at radius 1 is 1.00 bits per heavy atom. The number of nitrogens with zero attached hydrogens (tertiary/aromatic N) is 1. The highest BCUT2D eigenvalue weighted by Gasteiger charge is 2.74. The lowest BCUT2D eigenvalue weighted by molar-refractivity contribution is -0.359. The van der Waals surface area contributed by atoms with Gasteiger partial charge in [-0.05, 0) is 24.6 Å². The number of aromatic amines is 1. The lowest BCUT2D eigenvalue weighted by atomic mass is 9.95. The number of aromatic nitrogens is 1. The summed E-state index contributed by atoms with van der Waals surface area (Å²) in [6.07, 6.45) is -6.51. The molecule has 0 bridgehead atoms. The van der Waals surface area contributed by atoms with Crippen LogP contribution in [0.1, 0.15) is 11.1 Å². The van der Waals surface area contributed by atoms with Gasteiger partial charge in [0.1, 0.15) is 0 Å². The number of benzene rings is 1. The van der Waals surface area contributed by atoms with Gasteiger partial charge in [0.2, 0.25) is 0 Å². The standard InChI is InChI=1S/C15H13F7N2O/c1-7-9-5-4-8(24(2)3)6-10(9)23-12(25)11(7)13(16,17)14(18,19)15(20,21)22/h4-6H,1-3H3,(H,23,25). The van der Waals surface area contributed by atoms with Gasteiger partial charge in [-0.25, -0.2) is 0 Å². The van der Waals surface area contributed by atoms with Crippen LogP contribution in [0.5, 0.6) is 0 Å². The van der Waals surface area contributed by atoms with Crippen LogP contribution in [-0.4, -0.2) is 31.2 Å². The zero-order valence-corrected chi connectivity index (χ0v) is 13.2. The number of pyridine rings is 1. The van der Waals surface area contributed by atoms with Crippen molar-refractivity contribution in [1.82, 2.24) is 4.98 Å². The Morgan fingerprint density at radius 2 is 1.56 bits per heavy atom. The summed E-state index contributed by atoms with van der Waals surface area (Å²) in [6, 6.07) is 4.12. The molecule has 0 amide bonds. The summed E-state index contributed by atoms with van der Waals surface area (Å²) in [5.74, 6) is -12.1. The minimum atomic E-state index is -6.51. The lowest BCUT2D eigenvalue weighted by Gasteiger charge is -2.29. The number of H-pyrrole nitrogens is 1. The summed E-state index contributed by atoms with van der Waals surface area (Å²) in [5, 5.41) is -0.0575. The SMILES string of the molecule is Cc1c(C(F)(F)C(F)(F)C(F)(F)F)c(=O)[nH]c2cc(N(C)C)ccc12. The van der Waals surface area contributed by atoms with Gasteiger partial charge in [-0.3, -0.25) is 4.79 Å². The average Bonchev–Trinajstić information content (AvgIpc) is 2.44. The number of aryl methyl sites for hydroxylation is 1. The van der Waals surface area contributed by atoms with E-state index in [0.717, 1.165) is 6.92 Å². The average molecular weight is 370 g/mol. The number of anilines is 1. The van der Waals surface area contributed by atoms with Crippen molar-refractivity contribution in [1.29, 1.82) is 0 Å². The molecule has 0 fully saturated rings. The molecule has 2 aromatic rings. The van der Waals surface area contributed by atoms with Crippen LogP contribution in [0.15, 0.2) is 23.0 Å². The monoisotopic (exact) mass is 370 g/mol. The smallest absolute Gasteiger partial charge is 0.378 e. The summed E-state index contributed by atoms with van der Waals surface area (Å²) in [7, 11) is 3.33. The third kappa shape index (κ3) is 2.83. The molecular formula is C15H13F7N2O. The van der Waals surface area contributed by atoms with Crippen LogP contribution >= 0.6 is 0 Å². The summed E-state index contributed by atoms with van der Waals surface area (Å²) >= 11 is 0. The maximum atomic E-state index is 14.0. The molecule has 0 aliphatic heterocycles. The number of hydrogen-bond donors (Lipinski definition) is 1. The Hall–Kier alpha value is -2.26. The van der Waals surface area contributed by atoms with E-state index >= 15 is 0 Å². The third-order valence-electron chi connectivity index (χ3n) is 3.84. The molecule has 2 rings (SSSR count). The zero-order chi connectivity index (χ0) is 19.4. The van der Waals surface area contributed by atoms with Crippen molar-refractivity contribution in [3.63, 3.8) is 0 Å². The normalized spacial score (nSPS) is 13.4. The van der Waals surface area contributed by atoms with Crippen molar-refractivity contribution < 1.29 is 30.7 Å². The summed E-state index contributed by atoms with van der Waals surface area (Å²) in [4.78, 5) is 15.5. The van der Waals surface area contributed by atoms with Crippen LogP contribution in [0.25, 0.3) is 10.9 Å². The highest BCUT2D eigenvalue weighted by Crippen LogP contribution is 2.51. The maximum Gasteiger partial charge on any atom is 0.460 e. The molecule has 25 heavy (non-hydrogen) atoms. The van der Waals surface area contributed by atoms with Gasteiger partial charge in [-0.2, -0.15) is 30.7 Å². The Balaban J connectivity index is 2.79. The Morgan fingerprint density at radius 3 is 2.04 bits per heavy atom. The van der Waals surface area contributed by atoms with Crippen LogP contribution < -0.4 is 10.5 Å². The fourth-order valence-corrected chi connectivity index (χ4v) is 2.44. The van der Waals surface area contributed by atoms with Gasteiger partial charge in [-0.1, -0.05) is 6.07 Å². The highest BCUT2D eigenvalue weighted by molar-refractivity contribution is 5.86. The van der Waals surface area contributed by atoms with Gasteiger partial charge in [0.15, 0.2) is 0 Å². The number of halogens is 7. The van der Waals surface area contributed by atoms with Crippen molar-refractivity contribution in [2.45, 2.75) is 24.9 Å². The molecule has 0 aliphatic carbocycles. The molecule has 0 unspecified atom stereocenters. The van der Waals surface area contributed by atoms with Crippen molar-refractivity contribution in [3.8, 4) is 0 Å². The van der Waals surface area contributed by atoms with Crippen molar-refractivity contribution in [2.75, 3.05) is 19.0 Å². The fourth-order valence-electron chi connectivity index (χ4n) is 2.44. The number of rotatable bonds is 3. The van der Waals surface area contributed by atoms with E-state index in [1.54, 1.807) is 19.0 Å². The molecule has 0 atom stereocenters. The predicted molar refractivity (Wildman–Crippen MR) is 78.5 cm³/mol. The molecular weight excluding hydrogens is 357 g/mol. The molecule has 0 spiro atoms. The van der Waals surface area contributed by atoms with E-state index in [0.29, 0.717) is 5.69 Å². The largest absolute Gasteiger partial charge is 0.460 e. The molecule has 1 aromatic heterocycles. The van der Waals surface area contributed by atoms with Gasteiger partial charge in [0.05, 0.1) is 11.1 Å². The molecule has 0 saturated heterocycles. The Labute approximate surface area is 137 Å². The van der Waals surface area contributed by atoms with Crippen molar-refractivity contribution >= 4 is 16.6 Å². The molecule has 1 heterocycles. The molecule has 0 saturated carbocycles. The molecule has 3 nitrogen and oxygen atoms in total. The zero-order valence-electron chi connectivity index (χ0n) is 13.2. The van der Waals surface area contributed by atoms with E-state index < -0.39 is 34.7 Å². The third-order valence-corrected chi connectivity index (χ3v) is 3.84. The second kappa shape index (κ2) is 5.63. The van der Waals surface area contributed by atoms with Crippen LogP contribution in [0.3, 0.4) is 0 Å². The van der Waals surface area contributed by atoms with Gasteiger partial charge in [0.25, 0.3) is 5.56 Å². The highest BCUT2D eigenvalue weighted by atomic mass is 19.4. The number of fused-ring (bicyclic) bond motifs is 1. The van der Waals surface area contributed by atoms with Crippen molar-refractivity contribution in [3.05, 3.63) is 39.7 Å². The fraction of sp³-hybridized carbons (Fsp3) is 0.400. The van der Waals surface area contributed by atoms with E-state index in [-0.39, 0.29) is 10.9 Å². The summed E-state index contributed by atoms with van der Waals surface area (Å²) < 4.78 is 91.7. The summed E-state index contributed by atoms with van der Waals surface area (Å²) in [5.41, 5.74) is -3.63. The first-order chi connectivity index (χ1) is 11.2. The Kier molecular flexibility index (Phi) is 4.30. The van der Waals surface area contributed by atoms with Crippen LogP contribution in [0.2, 0.25) is 0 Å². The minimum absolute atomic E-state index is 0.0450. The van der Waals surface area contributed by atoms with E-state index in [9.17, 15) is 35.5 Å². The van der Waals surface area contributed by atoms with Gasteiger partial charge < -0.3 is 9.88 Å². The van der Waals surface area contributed by atoms with Crippen LogP contribution in [0, 0.1) is 6.92 Å². The topological polar surface area (TPSA) is 36.1 Å². The second-order valence-electron chi connectivity index (χ2n) is 5.72. The maximum absolute atomic E-state index is 14.0. The van der Waals surface area contributed by atoms with Crippen LogP contribution in [-0.2, 0) is 5.92 Å².